The van der Waals surface area contributed by atoms with Crippen LogP contribution in [0.3, 0.4) is 0 Å². The Morgan fingerprint density at radius 3 is 2.09 bits per heavy atom. The maximum atomic E-state index is 12.7. The summed E-state index contributed by atoms with van der Waals surface area (Å²) in [6.07, 6.45) is -0.606. The second-order valence-electron chi connectivity index (χ2n) is 9.78. The Hall–Kier alpha value is -3.35. The lowest BCUT2D eigenvalue weighted by molar-refractivity contribution is -0.145. The number of carboxylic acid groups (broad SMARTS) is 1. The van der Waals surface area contributed by atoms with Crippen molar-refractivity contribution in [2.75, 3.05) is 19.7 Å². The van der Waals surface area contributed by atoms with Crippen molar-refractivity contribution in [1.82, 2.24) is 10.2 Å². The first kappa shape index (κ1) is 24.3. The summed E-state index contributed by atoms with van der Waals surface area (Å²) >= 11 is 0. The van der Waals surface area contributed by atoms with E-state index in [0.29, 0.717) is 6.54 Å². The Morgan fingerprint density at radius 2 is 1.58 bits per heavy atom. The largest absolute Gasteiger partial charge is 0.480 e. The molecule has 1 aliphatic carbocycles. The fraction of sp³-hybridized carbons (Fsp3) is 0.423. The van der Waals surface area contributed by atoms with E-state index in [2.05, 4.69) is 29.6 Å². The van der Waals surface area contributed by atoms with Gasteiger partial charge in [-0.25, -0.2) is 4.79 Å². The standard InChI is InChI=1S/C26H32N2O5/c1-17(13-23(29)28(14-24(30)31)16-26(2,3)4)27-25(32)33-15-22-20-11-7-5-9-18(20)19-10-6-8-12-21(19)22/h5-12,17,22H,13-16H2,1-4H3,(H,27,32)(H,30,31). The van der Waals surface area contributed by atoms with Gasteiger partial charge in [0.2, 0.25) is 5.91 Å². The van der Waals surface area contributed by atoms with E-state index in [-0.39, 0.29) is 36.8 Å². The van der Waals surface area contributed by atoms with Gasteiger partial charge < -0.3 is 20.1 Å². The first-order valence-electron chi connectivity index (χ1n) is 11.2. The van der Waals surface area contributed by atoms with Gasteiger partial charge >= 0.3 is 12.1 Å². The summed E-state index contributed by atoms with van der Waals surface area (Å²) in [7, 11) is 0. The Balaban J connectivity index is 1.56. The summed E-state index contributed by atoms with van der Waals surface area (Å²) in [5.41, 5.74) is 4.31. The summed E-state index contributed by atoms with van der Waals surface area (Å²) in [6, 6.07) is 15.7. The van der Waals surface area contributed by atoms with Crippen LogP contribution in [0, 0.1) is 5.41 Å². The van der Waals surface area contributed by atoms with Crippen molar-refractivity contribution in [3.63, 3.8) is 0 Å². The van der Waals surface area contributed by atoms with E-state index in [9.17, 15) is 14.4 Å². The first-order valence-corrected chi connectivity index (χ1v) is 11.2. The highest BCUT2D eigenvalue weighted by Gasteiger charge is 2.29. The fourth-order valence-corrected chi connectivity index (χ4v) is 4.25. The van der Waals surface area contributed by atoms with Gasteiger partial charge in [-0.2, -0.15) is 0 Å². The second-order valence-corrected chi connectivity index (χ2v) is 9.78. The molecule has 0 heterocycles. The zero-order valence-electron chi connectivity index (χ0n) is 19.6. The molecular weight excluding hydrogens is 420 g/mol. The van der Waals surface area contributed by atoms with E-state index >= 15 is 0 Å². The van der Waals surface area contributed by atoms with Gasteiger partial charge in [-0.3, -0.25) is 9.59 Å². The van der Waals surface area contributed by atoms with Crippen LogP contribution in [-0.2, 0) is 14.3 Å². The molecule has 1 atom stereocenters. The van der Waals surface area contributed by atoms with Crippen molar-refractivity contribution in [3.8, 4) is 11.1 Å². The lowest BCUT2D eigenvalue weighted by Gasteiger charge is -2.29. The molecule has 2 aromatic rings. The Labute approximate surface area is 194 Å². The number of benzene rings is 2. The average Bonchev–Trinajstić information content (AvgIpc) is 3.04. The first-order chi connectivity index (χ1) is 15.5. The molecule has 2 amide bonds. The van der Waals surface area contributed by atoms with E-state index in [1.807, 2.05) is 45.0 Å². The quantitative estimate of drug-likeness (QED) is 0.624. The van der Waals surface area contributed by atoms with Crippen LogP contribution in [0.1, 0.15) is 51.2 Å². The van der Waals surface area contributed by atoms with Crippen molar-refractivity contribution in [2.45, 2.75) is 46.1 Å². The number of amides is 2. The molecule has 0 radical (unpaired) electrons. The second kappa shape index (κ2) is 10.1. The molecule has 1 aliphatic rings. The molecule has 0 saturated heterocycles. The van der Waals surface area contributed by atoms with Crippen molar-refractivity contribution < 1.29 is 24.2 Å². The highest BCUT2D eigenvalue weighted by atomic mass is 16.5. The maximum absolute atomic E-state index is 12.7. The molecule has 0 saturated carbocycles. The number of rotatable bonds is 8. The molecule has 176 valence electrons. The number of hydrogen-bond donors (Lipinski definition) is 2. The minimum atomic E-state index is -1.07. The summed E-state index contributed by atoms with van der Waals surface area (Å²) in [6.45, 7) is 7.66. The van der Waals surface area contributed by atoms with Crippen LogP contribution >= 0.6 is 0 Å². The molecule has 0 aliphatic heterocycles. The number of ether oxygens (including phenoxy) is 1. The number of nitrogens with one attached hydrogen (secondary N) is 1. The normalized spacial score (nSPS) is 13.6. The van der Waals surface area contributed by atoms with Crippen molar-refractivity contribution in [3.05, 3.63) is 59.7 Å². The molecule has 7 heteroatoms. The van der Waals surface area contributed by atoms with E-state index in [1.54, 1.807) is 6.92 Å². The highest BCUT2D eigenvalue weighted by Crippen LogP contribution is 2.44. The van der Waals surface area contributed by atoms with Crippen LogP contribution in [0.25, 0.3) is 11.1 Å². The fourth-order valence-electron chi connectivity index (χ4n) is 4.25. The monoisotopic (exact) mass is 452 g/mol. The van der Waals surface area contributed by atoms with Crippen LogP contribution in [0.5, 0.6) is 0 Å². The lowest BCUT2D eigenvalue weighted by atomic mass is 9.95. The molecule has 3 rings (SSSR count). The van der Waals surface area contributed by atoms with Crippen molar-refractivity contribution >= 4 is 18.0 Å². The van der Waals surface area contributed by atoms with Gasteiger partial charge in [0.15, 0.2) is 0 Å². The van der Waals surface area contributed by atoms with Crippen LogP contribution < -0.4 is 5.32 Å². The molecule has 7 nitrogen and oxygen atoms in total. The molecule has 2 N–H and O–H groups in total. The van der Waals surface area contributed by atoms with E-state index in [0.717, 1.165) is 22.3 Å². The third-order valence-electron chi connectivity index (χ3n) is 5.53. The SMILES string of the molecule is CC(CC(=O)N(CC(=O)O)CC(C)(C)C)NC(=O)OCC1c2ccccc2-c2ccccc21. The van der Waals surface area contributed by atoms with Gasteiger partial charge in [-0.05, 0) is 34.6 Å². The minimum absolute atomic E-state index is 0.00639. The lowest BCUT2D eigenvalue weighted by Crippen LogP contribution is -2.44. The predicted molar refractivity (Wildman–Crippen MR) is 126 cm³/mol. The van der Waals surface area contributed by atoms with Crippen LogP contribution in [0.4, 0.5) is 4.79 Å². The van der Waals surface area contributed by atoms with Gasteiger partial charge in [-0.15, -0.1) is 0 Å². The number of carbonyl (C=O) groups is 3. The average molecular weight is 453 g/mol. The zero-order valence-corrected chi connectivity index (χ0v) is 19.6. The summed E-state index contributed by atoms with van der Waals surface area (Å²) < 4.78 is 5.53. The summed E-state index contributed by atoms with van der Waals surface area (Å²) in [5, 5.41) is 11.8. The van der Waals surface area contributed by atoms with E-state index in [4.69, 9.17) is 9.84 Å². The van der Waals surface area contributed by atoms with Crippen molar-refractivity contribution in [2.24, 2.45) is 5.41 Å². The van der Waals surface area contributed by atoms with Crippen molar-refractivity contribution in [1.29, 1.82) is 0 Å². The topological polar surface area (TPSA) is 95.9 Å². The number of nitrogens with zero attached hydrogens (tertiary/aromatic N) is 1. The molecule has 0 spiro atoms. The third kappa shape index (κ3) is 6.34. The van der Waals surface area contributed by atoms with Gasteiger partial charge in [0, 0.05) is 24.9 Å². The molecule has 0 aromatic heterocycles. The molecule has 2 aromatic carbocycles. The minimum Gasteiger partial charge on any atom is -0.480 e. The number of fused-ring (bicyclic) bond motifs is 3. The molecule has 0 bridgehead atoms. The number of carboxylic acids is 1. The molecule has 0 fully saturated rings. The maximum Gasteiger partial charge on any atom is 0.407 e. The Morgan fingerprint density at radius 1 is 1.03 bits per heavy atom. The predicted octanol–water partition coefficient (Wildman–Crippen LogP) is 4.26. The number of carbonyl (C=O) groups excluding carboxylic acids is 2. The Kier molecular flexibility index (Phi) is 7.41. The van der Waals surface area contributed by atoms with Gasteiger partial charge in [0.05, 0.1) is 0 Å². The highest BCUT2D eigenvalue weighted by molar-refractivity contribution is 5.82. The molecular formula is C26H32N2O5. The Bertz CT molecular complexity index is 982. The smallest absolute Gasteiger partial charge is 0.407 e. The number of hydrogen-bond acceptors (Lipinski definition) is 4. The number of aliphatic carboxylic acids is 1. The number of alkyl carbamates (subject to hydrolysis) is 1. The summed E-state index contributed by atoms with van der Waals surface area (Å²) in [4.78, 5) is 37.6. The van der Waals surface area contributed by atoms with Gasteiger partial charge in [0.1, 0.15) is 13.2 Å². The van der Waals surface area contributed by atoms with E-state index in [1.165, 1.54) is 4.90 Å². The summed E-state index contributed by atoms with van der Waals surface area (Å²) in [5.74, 6) is -1.43. The van der Waals surface area contributed by atoms with Crippen LogP contribution in [-0.4, -0.2) is 53.7 Å². The molecule has 1 unspecified atom stereocenters. The van der Waals surface area contributed by atoms with Crippen LogP contribution in [0.15, 0.2) is 48.5 Å². The molecule has 33 heavy (non-hydrogen) atoms. The van der Waals surface area contributed by atoms with Gasteiger partial charge in [0.25, 0.3) is 0 Å². The van der Waals surface area contributed by atoms with Crippen LogP contribution in [0.2, 0.25) is 0 Å². The zero-order chi connectivity index (χ0) is 24.2. The van der Waals surface area contributed by atoms with E-state index < -0.39 is 18.1 Å². The third-order valence-corrected chi connectivity index (χ3v) is 5.53. The van der Waals surface area contributed by atoms with Gasteiger partial charge in [-0.1, -0.05) is 69.3 Å².